The molecule has 1 unspecified atom stereocenters. The molecule has 0 aliphatic heterocycles. The van der Waals surface area contributed by atoms with Crippen molar-refractivity contribution in [2.24, 2.45) is 11.7 Å². The standard InChI is InChI=1S/C15H20FN3O3.ClH/c16-13-8-11(19(21)22)6-7-12(13)15(20)18-14(9-17)10-4-2-1-3-5-10;/h6-8,10,14H,1-5,9,17H2,(H,18,20);1H. The minimum absolute atomic E-state index is 0. The van der Waals surface area contributed by atoms with Crippen LogP contribution in [0.15, 0.2) is 18.2 Å². The van der Waals surface area contributed by atoms with Gasteiger partial charge in [-0.3, -0.25) is 14.9 Å². The number of nitro benzene ring substituents is 1. The number of hydrogen-bond acceptors (Lipinski definition) is 4. The maximum Gasteiger partial charge on any atom is 0.272 e. The van der Waals surface area contributed by atoms with Crippen molar-refractivity contribution in [1.82, 2.24) is 5.32 Å². The number of carbonyl (C=O) groups is 1. The first-order chi connectivity index (χ1) is 10.5. The van der Waals surface area contributed by atoms with Gasteiger partial charge in [0, 0.05) is 18.7 Å². The molecule has 3 N–H and O–H groups in total. The number of nitrogens with two attached hydrogens (primary N) is 1. The fourth-order valence-corrected chi connectivity index (χ4v) is 2.95. The summed E-state index contributed by atoms with van der Waals surface area (Å²) in [6, 6.07) is 2.82. The Morgan fingerprint density at radius 2 is 2.04 bits per heavy atom. The van der Waals surface area contributed by atoms with Gasteiger partial charge in [0.15, 0.2) is 0 Å². The number of nitro groups is 1. The van der Waals surface area contributed by atoms with Crippen LogP contribution in [0.25, 0.3) is 0 Å². The fraction of sp³-hybridized carbons (Fsp3) is 0.533. The molecular weight excluding hydrogens is 325 g/mol. The van der Waals surface area contributed by atoms with Crippen LogP contribution >= 0.6 is 12.4 Å². The lowest BCUT2D eigenvalue weighted by Crippen LogP contribution is -2.46. The highest BCUT2D eigenvalue weighted by Crippen LogP contribution is 2.26. The van der Waals surface area contributed by atoms with Crippen LogP contribution < -0.4 is 11.1 Å². The Bertz CT molecular complexity index is 565. The molecule has 1 aliphatic rings. The first kappa shape index (κ1) is 19.3. The Morgan fingerprint density at radius 1 is 1.39 bits per heavy atom. The third-order valence-corrected chi connectivity index (χ3v) is 4.20. The molecule has 0 aromatic heterocycles. The topological polar surface area (TPSA) is 98.3 Å². The Morgan fingerprint density at radius 3 is 2.57 bits per heavy atom. The molecule has 23 heavy (non-hydrogen) atoms. The summed E-state index contributed by atoms with van der Waals surface area (Å²) in [5.74, 6) is -1.16. The van der Waals surface area contributed by atoms with Crippen LogP contribution in [-0.2, 0) is 0 Å². The molecular formula is C15H21ClFN3O3. The van der Waals surface area contributed by atoms with Crippen LogP contribution in [0.4, 0.5) is 10.1 Å². The van der Waals surface area contributed by atoms with Crippen molar-refractivity contribution in [2.45, 2.75) is 38.1 Å². The average molecular weight is 346 g/mol. The largest absolute Gasteiger partial charge is 0.348 e. The van der Waals surface area contributed by atoms with E-state index in [0.717, 1.165) is 43.9 Å². The van der Waals surface area contributed by atoms with E-state index in [1.54, 1.807) is 0 Å². The van der Waals surface area contributed by atoms with Crippen LogP contribution in [0.3, 0.4) is 0 Å². The minimum Gasteiger partial charge on any atom is -0.348 e. The van der Waals surface area contributed by atoms with Crippen molar-refractivity contribution in [3.63, 3.8) is 0 Å². The van der Waals surface area contributed by atoms with E-state index in [9.17, 15) is 19.3 Å². The van der Waals surface area contributed by atoms with Crippen molar-refractivity contribution < 1.29 is 14.1 Å². The first-order valence-corrected chi connectivity index (χ1v) is 7.47. The molecule has 0 radical (unpaired) electrons. The third kappa shape index (κ3) is 4.87. The molecule has 1 saturated carbocycles. The number of nitrogens with one attached hydrogen (secondary N) is 1. The fourth-order valence-electron chi connectivity index (χ4n) is 2.95. The average Bonchev–Trinajstić information content (AvgIpc) is 2.53. The molecule has 1 aromatic carbocycles. The monoisotopic (exact) mass is 345 g/mol. The summed E-state index contributed by atoms with van der Waals surface area (Å²) in [6.07, 6.45) is 5.43. The summed E-state index contributed by atoms with van der Waals surface area (Å²) >= 11 is 0. The molecule has 1 amide bonds. The van der Waals surface area contributed by atoms with Crippen molar-refractivity contribution in [2.75, 3.05) is 6.54 Å². The lowest BCUT2D eigenvalue weighted by Gasteiger charge is -2.30. The van der Waals surface area contributed by atoms with E-state index in [2.05, 4.69) is 5.32 Å². The number of hydrogen-bond donors (Lipinski definition) is 2. The zero-order valence-electron chi connectivity index (χ0n) is 12.7. The summed E-state index contributed by atoms with van der Waals surface area (Å²) in [5.41, 5.74) is 5.16. The van der Waals surface area contributed by atoms with Crippen molar-refractivity contribution in [3.8, 4) is 0 Å². The lowest BCUT2D eigenvalue weighted by atomic mass is 9.84. The summed E-state index contributed by atoms with van der Waals surface area (Å²) in [6.45, 7) is 0.297. The zero-order valence-corrected chi connectivity index (χ0v) is 13.5. The summed E-state index contributed by atoms with van der Waals surface area (Å²) < 4.78 is 13.9. The highest BCUT2D eigenvalue weighted by atomic mass is 35.5. The number of halogens is 2. The highest BCUT2D eigenvalue weighted by Gasteiger charge is 2.25. The predicted molar refractivity (Wildman–Crippen MR) is 87.2 cm³/mol. The van der Waals surface area contributed by atoms with E-state index in [1.165, 1.54) is 6.42 Å². The number of nitrogens with zero attached hydrogens (tertiary/aromatic N) is 1. The van der Waals surface area contributed by atoms with Crippen LogP contribution in [0.5, 0.6) is 0 Å². The number of rotatable bonds is 5. The third-order valence-electron chi connectivity index (χ3n) is 4.20. The Labute approximate surface area is 140 Å². The lowest BCUT2D eigenvalue weighted by molar-refractivity contribution is -0.385. The van der Waals surface area contributed by atoms with Crippen LogP contribution in [-0.4, -0.2) is 23.4 Å². The van der Waals surface area contributed by atoms with Crippen molar-refractivity contribution >= 4 is 24.0 Å². The van der Waals surface area contributed by atoms with Gasteiger partial charge in [0.2, 0.25) is 0 Å². The normalized spacial score (nSPS) is 16.3. The van der Waals surface area contributed by atoms with Crippen LogP contribution in [0.1, 0.15) is 42.5 Å². The van der Waals surface area contributed by atoms with Crippen molar-refractivity contribution in [3.05, 3.63) is 39.7 Å². The van der Waals surface area contributed by atoms with E-state index >= 15 is 0 Å². The Kier molecular flexibility index (Phi) is 7.38. The Hall–Kier alpha value is -1.73. The molecule has 0 heterocycles. The van der Waals surface area contributed by atoms with Gasteiger partial charge in [-0.25, -0.2) is 4.39 Å². The van der Waals surface area contributed by atoms with Gasteiger partial charge in [0.25, 0.3) is 11.6 Å². The molecule has 6 nitrogen and oxygen atoms in total. The second kappa shape index (κ2) is 8.79. The first-order valence-electron chi connectivity index (χ1n) is 7.47. The van der Waals surface area contributed by atoms with Gasteiger partial charge in [-0.2, -0.15) is 0 Å². The molecule has 1 fully saturated rings. The van der Waals surface area contributed by atoms with Crippen LogP contribution in [0, 0.1) is 21.8 Å². The number of non-ortho nitro benzene ring substituents is 1. The smallest absolute Gasteiger partial charge is 0.272 e. The molecule has 0 saturated heterocycles. The Balaban J connectivity index is 0.00000264. The predicted octanol–water partition coefficient (Wildman–Crippen LogP) is 2.79. The molecule has 128 valence electrons. The van der Waals surface area contributed by atoms with Crippen molar-refractivity contribution in [1.29, 1.82) is 0 Å². The SMILES string of the molecule is Cl.NCC(NC(=O)c1ccc([N+](=O)[O-])cc1F)C1CCCCC1. The van der Waals surface area contributed by atoms with Gasteiger partial charge >= 0.3 is 0 Å². The maximum atomic E-state index is 13.9. The minimum atomic E-state index is -0.897. The van der Waals surface area contributed by atoms with Gasteiger partial charge in [-0.15, -0.1) is 12.4 Å². The highest BCUT2D eigenvalue weighted by molar-refractivity contribution is 5.94. The second-order valence-electron chi connectivity index (χ2n) is 5.64. The molecule has 8 heteroatoms. The second-order valence-corrected chi connectivity index (χ2v) is 5.64. The summed E-state index contributed by atoms with van der Waals surface area (Å²) in [7, 11) is 0. The summed E-state index contributed by atoms with van der Waals surface area (Å²) in [5, 5.41) is 13.4. The number of benzene rings is 1. The van der Waals surface area contributed by atoms with Gasteiger partial charge in [0.1, 0.15) is 5.82 Å². The molecule has 1 aliphatic carbocycles. The molecule has 1 atom stereocenters. The van der Waals surface area contributed by atoms with E-state index in [0.29, 0.717) is 12.5 Å². The molecule has 1 aromatic rings. The van der Waals surface area contributed by atoms with E-state index in [-0.39, 0.29) is 29.7 Å². The van der Waals surface area contributed by atoms with E-state index in [4.69, 9.17) is 5.73 Å². The van der Waals surface area contributed by atoms with Gasteiger partial charge in [0.05, 0.1) is 16.6 Å². The molecule has 2 rings (SSSR count). The maximum absolute atomic E-state index is 13.9. The van der Waals surface area contributed by atoms with E-state index in [1.807, 2.05) is 0 Å². The van der Waals surface area contributed by atoms with Gasteiger partial charge in [-0.05, 0) is 24.8 Å². The van der Waals surface area contributed by atoms with Gasteiger partial charge in [-0.1, -0.05) is 19.3 Å². The van der Waals surface area contributed by atoms with Crippen LogP contribution in [0.2, 0.25) is 0 Å². The molecule has 0 bridgehead atoms. The quantitative estimate of drug-likeness (QED) is 0.633. The summed E-state index contributed by atoms with van der Waals surface area (Å²) in [4.78, 5) is 22.1. The van der Waals surface area contributed by atoms with E-state index < -0.39 is 16.6 Å². The number of amides is 1. The number of carbonyl (C=O) groups excluding carboxylic acids is 1. The zero-order chi connectivity index (χ0) is 16.1. The van der Waals surface area contributed by atoms with Gasteiger partial charge < -0.3 is 11.1 Å². The molecule has 0 spiro atoms.